The smallest absolute Gasteiger partial charge is 0.185 e. The normalized spacial score (nSPS) is 9.25. The average molecular weight is 134 g/mol. The summed E-state index contributed by atoms with van der Waals surface area (Å²) in [4.78, 5) is 10.1. The monoisotopic (exact) mass is 134 g/mol. The molecule has 0 radical (unpaired) electrons. The van der Waals surface area contributed by atoms with Gasteiger partial charge in [-0.3, -0.25) is 4.79 Å². The summed E-state index contributed by atoms with van der Waals surface area (Å²) in [6.07, 6.45) is 1.93. The fraction of sp³-hybridized carbons (Fsp3) is 0.800. The molecule has 0 fully saturated rings. The average Bonchev–Trinajstić information content (AvgIpc) is 1.66. The number of thiol groups is 1. The van der Waals surface area contributed by atoms with Crippen molar-refractivity contribution in [3.8, 4) is 0 Å². The summed E-state index contributed by atoms with van der Waals surface area (Å²) in [5.41, 5.74) is 0. The molecule has 0 spiro atoms. The summed E-state index contributed by atoms with van der Waals surface area (Å²) in [6.45, 7) is 0.168. The summed E-state index contributed by atoms with van der Waals surface area (Å²) in [5, 5.41) is 8.14. The van der Waals surface area contributed by atoms with Gasteiger partial charge in [0.05, 0.1) is 0 Å². The first-order valence-electron chi connectivity index (χ1n) is 2.60. The first kappa shape index (κ1) is 7.98. The molecule has 0 aromatic heterocycles. The molecule has 0 bridgehead atoms. The molecule has 0 heterocycles. The van der Waals surface area contributed by atoms with Crippen LogP contribution in [0.25, 0.3) is 0 Å². The van der Waals surface area contributed by atoms with Gasteiger partial charge in [0.2, 0.25) is 0 Å². The lowest BCUT2D eigenvalue weighted by Gasteiger charge is -1.89. The van der Waals surface area contributed by atoms with Crippen LogP contribution in [0.1, 0.15) is 19.3 Å². The number of carbonyl (C=O) groups excluding carboxylic acids is 1. The summed E-state index contributed by atoms with van der Waals surface area (Å²) >= 11 is 3.55. The highest BCUT2D eigenvalue weighted by Gasteiger charge is 1.91. The van der Waals surface area contributed by atoms with Gasteiger partial charge in [-0.2, -0.15) is 0 Å². The summed E-state index contributed by atoms with van der Waals surface area (Å²) in [6, 6.07) is 0. The van der Waals surface area contributed by atoms with Crippen molar-refractivity contribution < 1.29 is 9.90 Å². The van der Waals surface area contributed by atoms with Crippen LogP contribution >= 0.6 is 12.6 Å². The van der Waals surface area contributed by atoms with Crippen LogP contribution in [0.15, 0.2) is 0 Å². The van der Waals surface area contributed by atoms with Gasteiger partial charge in [-0.15, -0.1) is 12.6 Å². The first-order chi connectivity index (χ1) is 3.77. The minimum absolute atomic E-state index is 0.0987. The van der Waals surface area contributed by atoms with Crippen molar-refractivity contribution in [1.82, 2.24) is 0 Å². The molecular formula is C5H10O2S. The Morgan fingerprint density at radius 1 is 1.50 bits per heavy atom. The quantitative estimate of drug-likeness (QED) is 0.436. The molecule has 3 heteroatoms. The van der Waals surface area contributed by atoms with E-state index in [2.05, 4.69) is 12.6 Å². The first-order valence-corrected chi connectivity index (χ1v) is 3.04. The molecule has 0 aliphatic carbocycles. The van der Waals surface area contributed by atoms with Crippen molar-refractivity contribution in [3.63, 3.8) is 0 Å². The maximum absolute atomic E-state index is 10.1. The molecule has 0 saturated carbocycles. The second kappa shape index (κ2) is 5.12. The molecule has 0 aliphatic rings. The highest BCUT2D eigenvalue weighted by Crippen LogP contribution is 1.96. The van der Waals surface area contributed by atoms with E-state index in [0.29, 0.717) is 12.8 Å². The number of unbranched alkanes of at least 4 members (excludes halogenated alkanes) is 1. The van der Waals surface area contributed by atoms with Gasteiger partial charge in [-0.05, 0) is 12.8 Å². The molecule has 0 aliphatic heterocycles. The zero-order valence-electron chi connectivity index (χ0n) is 4.63. The van der Waals surface area contributed by atoms with Crippen LogP contribution in [0.5, 0.6) is 0 Å². The second-order valence-corrected chi connectivity index (χ2v) is 2.07. The largest absolute Gasteiger partial charge is 0.396 e. The topological polar surface area (TPSA) is 37.3 Å². The lowest BCUT2D eigenvalue weighted by atomic mass is 10.3. The predicted octanol–water partition coefficient (Wildman–Crippen LogP) is 0.605. The van der Waals surface area contributed by atoms with Crippen LogP contribution in [0, 0.1) is 0 Å². The van der Waals surface area contributed by atoms with Crippen molar-refractivity contribution in [2.24, 2.45) is 0 Å². The van der Waals surface area contributed by atoms with E-state index in [4.69, 9.17) is 5.11 Å². The molecular weight excluding hydrogens is 124 g/mol. The highest BCUT2D eigenvalue weighted by molar-refractivity contribution is 7.96. The van der Waals surface area contributed by atoms with E-state index in [-0.39, 0.29) is 11.7 Å². The van der Waals surface area contributed by atoms with Crippen molar-refractivity contribution in [3.05, 3.63) is 0 Å². The summed E-state index contributed by atoms with van der Waals surface area (Å²) in [7, 11) is 0. The lowest BCUT2D eigenvalue weighted by molar-refractivity contribution is -0.110. The summed E-state index contributed by atoms with van der Waals surface area (Å²) < 4.78 is 0. The van der Waals surface area contributed by atoms with Crippen LogP contribution in [-0.4, -0.2) is 16.8 Å². The second-order valence-electron chi connectivity index (χ2n) is 1.57. The molecule has 0 unspecified atom stereocenters. The van der Waals surface area contributed by atoms with Gasteiger partial charge in [0.15, 0.2) is 5.12 Å². The zero-order chi connectivity index (χ0) is 6.41. The third-order valence-electron chi connectivity index (χ3n) is 0.799. The molecule has 8 heavy (non-hydrogen) atoms. The van der Waals surface area contributed by atoms with Gasteiger partial charge >= 0.3 is 0 Å². The standard InChI is InChI=1S/C5H10O2S/c6-4-2-1-3-5(7)8/h6H,1-4H2,(H,7,8). The zero-order valence-corrected chi connectivity index (χ0v) is 5.53. The number of aliphatic hydroxyl groups is 1. The van der Waals surface area contributed by atoms with Gasteiger partial charge in [-0.25, -0.2) is 0 Å². The maximum Gasteiger partial charge on any atom is 0.185 e. The van der Waals surface area contributed by atoms with E-state index in [1.807, 2.05) is 0 Å². The minimum Gasteiger partial charge on any atom is -0.396 e. The van der Waals surface area contributed by atoms with Gasteiger partial charge in [0.1, 0.15) is 0 Å². The third kappa shape index (κ3) is 5.98. The number of carbonyl (C=O) groups is 1. The van der Waals surface area contributed by atoms with Gasteiger partial charge in [0.25, 0.3) is 0 Å². The molecule has 0 aromatic rings. The number of hydrogen-bond donors (Lipinski definition) is 2. The molecule has 0 rings (SSSR count). The highest BCUT2D eigenvalue weighted by atomic mass is 32.1. The Bertz CT molecular complexity index is 72.8. The Balaban J connectivity index is 2.82. The van der Waals surface area contributed by atoms with E-state index in [1.165, 1.54) is 0 Å². The molecule has 0 atom stereocenters. The SMILES string of the molecule is O=C(S)CCCCO. The Kier molecular flexibility index (Phi) is 5.11. The van der Waals surface area contributed by atoms with Crippen molar-refractivity contribution in [2.75, 3.05) is 6.61 Å². The fourth-order valence-corrected chi connectivity index (χ4v) is 0.546. The van der Waals surface area contributed by atoms with Crippen molar-refractivity contribution >= 4 is 17.7 Å². The molecule has 0 aromatic carbocycles. The maximum atomic E-state index is 10.1. The third-order valence-corrected chi connectivity index (χ3v) is 1.02. The molecule has 48 valence electrons. The Morgan fingerprint density at radius 3 is 2.50 bits per heavy atom. The fourth-order valence-electron chi connectivity index (χ4n) is 0.388. The van der Waals surface area contributed by atoms with Crippen LogP contribution in [0.3, 0.4) is 0 Å². The number of rotatable bonds is 4. The Hall–Kier alpha value is -0.0200. The van der Waals surface area contributed by atoms with Gasteiger partial charge in [-0.1, -0.05) is 0 Å². The van der Waals surface area contributed by atoms with Crippen LogP contribution in [-0.2, 0) is 4.79 Å². The van der Waals surface area contributed by atoms with E-state index in [1.54, 1.807) is 0 Å². The number of aliphatic hydroxyl groups excluding tert-OH is 1. The van der Waals surface area contributed by atoms with Crippen LogP contribution in [0.2, 0.25) is 0 Å². The number of hydrogen-bond acceptors (Lipinski definition) is 2. The molecule has 1 N–H and O–H groups in total. The Morgan fingerprint density at radius 2 is 2.12 bits per heavy atom. The van der Waals surface area contributed by atoms with Crippen molar-refractivity contribution in [2.45, 2.75) is 19.3 Å². The predicted molar refractivity (Wildman–Crippen MR) is 34.9 cm³/mol. The summed E-state index contributed by atoms with van der Waals surface area (Å²) in [5.74, 6) is 0. The van der Waals surface area contributed by atoms with E-state index >= 15 is 0 Å². The molecule has 0 amide bonds. The van der Waals surface area contributed by atoms with E-state index in [9.17, 15) is 4.79 Å². The van der Waals surface area contributed by atoms with E-state index < -0.39 is 0 Å². The van der Waals surface area contributed by atoms with Crippen LogP contribution in [0.4, 0.5) is 0 Å². The molecule has 0 saturated heterocycles. The van der Waals surface area contributed by atoms with E-state index in [0.717, 1.165) is 6.42 Å². The minimum atomic E-state index is -0.0987. The Labute approximate surface area is 54.3 Å². The molecule has 2 nitrogen and oxygen atoms in total. The lowest BCUT2D eigenvalue weighted by Crippen LogP contribution is -1.88. The van der Waals surface area contributed by atoms with Gasteiger partial charge in [0, 0.05) is 13.0 Å². The van der Waals surface area contributed by atoms with Crippen molar-refractivity contribution in [1.29, 1.82) is 0 Å². The van der Waals surface area contributed by atoms with Crippen LogP contribution < -0.4 is 0 Å². The van der Waals surface area contributed by atoms with Gasteiger partial charge < -0.3 is 5.11 Å².